The molecule has 0 heterocycles. The molecule has 1 aromatic rings. The Hall–Kier alpha value is -2.37. The van der Waals surface area contributed by atoms with Crippen LogP contribution in [-0.2, 0) is 4.79 Å². The number of methoxy groups -OCH3 is 1. The van der Waals surface area contributed by atoms with Gasteiger partial charge in [-0.05, 0) is 12.1 Å². The first-order valence-corrected chi connectivity index (χ1v) is 4.80. The van der Waals surface area contributed by atoms with Gasteiger partial charge >= 0.3 is 0 Å². The molecule has 0 spiro atoms. The Bertz CT molecular complexity index is 468. The second kappa shape index (κ2) is 5.64. The van der Waals surface area contributed by atoms with E-state index in [4.69, 9.17) is 4.74 Å². The second-order valence-electron chi connectivity index (χ2n) is 3.24. The van der Waals surface area contributed by atoms with Crippen molar-refractivity contribution in [2.24, 2.45) is 0 Å². The number of rotatable bonds is 4. The smallest absolute Gasteiger partial charge is 0.258 e. The molecule has 0 aliphatic heterocycles. The number of amides is 1. The molecule has 90 valence electrons. The van der Waals surface area contributed by atoms with Crippen LogP contribution in [0.4, 0.5) is 0 Å². The molecule has 0 unspecified atom stereocenters. The van der Waals surface area contributed by atoms with Crippen molar-refractivity contribution in [2.75, 3.05) is 7.11 Å². The zero-order chi connectivity index (χ0) is 12.8. The van der Waals surface area contributed by atoms with Gasteiger partial charge in [-0.1, -0.05) is 12.1 Å². The Labute approximate surface area is 98.0 Å². The molecular weight excluding hydrogens is 224 g/mol. The van der Waals surface area contributed by atoms with Gasteiger partial charge in [0.2, 0.25) is 5.91 Å². The van der Waals surface area contributed by atoms with Crippen LogP contribution in [0, 0.1) is 10.1 Å². The number of carbonyl (C=O) groups excluding carboxylic acids is 1. The standard InChI is InChI=1S/C11H12N2O4/c1-8(14)12-11(7-13(15)16)9-4-3-5-10(6-9)17-2/h3-7H,1-2H3,(H,12,14)/b11-7-. The molecular formula is C11H12N2O4. The molecule has 0 saturated carbocycles. The lowest BCUT2D eigenvalue weighted by Crippen LogP contribution is -2.19. The minimum absolute atomic E-state index is 0.126. The van der Waals surface area contributed by atoms with E-state index >= 15 is 0 Å². The molecule has 1 N–H and O–H groups in total. The van der Waals surface area contributed by atoms with Crippen molar-refractivity contribution in [2.45, 2.75) is 6.92 Å². The lowest BCUT2D eigenvalue weighted by Gasteiger charge is -2.07. The largest absolute Gasteiger partial charge is 0.497 e. The summed E-state index contributed by atoms with van der Waals surface area (Å²) in [5, 5.41) is 12.9. The normalized spacial score (nSPS) is 10.8. The third-order valence-corrected chi connectivity index (χ3v) is 1.93. The van der Waals surface area contributed by atoms with Gasteiger partial charge in [-0.15, -0.1) is 0 Å². The Kier molecular flexibility index (Phi) is 4.21. The third kappa shape index (κ3) is 3.94. The Morgan fingerprint density at radius 2 is 2.24 bits per heavy atom. The molecule has 0 aliphatic rings. The van der Waals surface area contributed by atoms with Crippen LogP contribution in [-0.4, -0.2) is 17.9 Å². The van der Waals surface area contributed by atoms with E-state index < -0.39 is 4.92 Å². The van der Waals surface area contributed by atoms with E-state index in [0.29, 0.717) is 11.3 Å². The topological polar surface area (TPSA) is 81.5 Å². The Morgan fingerprint density at radius 1 is 1.53 bits per heavy atom. The number of benzene rings is 1. The quantitative estimate of drug-likeness (QED) is 0.633. The van der Waals surface area contributed by atoms with Gasteiger partial charge in [-0.25, -0.2) is 0 Å². The third-order valence-electron chi connectivity index (χ3n) is 1.93. The second-order valence-corrected chi connectivity index (χ2v) is 3.24. The van der Waals surface area contributed by atoms with Crippen LogP contribution >= 0.6 is 0 Å². The monoisotopic (exact) mass is 236 g/mol. The van der Waals surface area contributed by atoms with Gasteiger partial charge in [-0.2, -0.15) is 0 Å². The lowest BCUT2D eigenvalue weighted by atomic mass is 10.1. The van der Waals surface area contributed by atoms with Crippen molar-refractivity contribution >= 4 is 11.6 Å². The number of nitrogens with one attached hydrogen (secondary N) is 1. The number of ether oxygens (including phenoxy) is 1. The number of nitrogens with zero attached hydrogens (tertiary/aromatic N) is 1. The fourth-order valence-electron chi connectivity index (χ4n) is 1.26. The van der Waals surface area contributed by atoms with Crippen molar-refractivity contribution in [1.29, 1.82) is 0 Å². The van der Waals surface area contributed by atoms with Gasteiger partial charge < -0.3 is 10.1 Å². The zero-order valence-electron chi connectivity index (χ0n) is 9.47. The maximum absolute atomic E-state index is 11.0. The first-order chi connectivity index (χ1) is 8.02. The van der Waals surface area contributed by atoms with Crippen LogP contribution in [0.2, 0.25) is 0 Å². The number of hydrogen-bond donors (Lipinski definition) is 1. The highest BCUT2D eigenvalue weighted by Crippen LogP contribution is 2.18. The van der Waals surface area contributed by atoms with Gasteiger partial charge in [0, 0.05) is 12.5 Å². The molecule has 1 rings (SSSR count). The van der Waals surface area contributed by atoms with Gasteiger partial charge in [-0.3, -0.25) is 14.9 Å². The van der Waals surface area contributed by atoms with Crippen molar-refractivity contribution in [3.05, 3.63) is 46.1 Å². The fourth-order valence-corrected chi connectivity index (χ4v) is 1.26. The summed E-state index contributed by atoms with van der Waals surface area (Å²) in [5.41, 5.74) is 0.637. The van der Waals surface area contributed by atoms with E-state index in [1.54, 1.807) is 24.3 Å². The highest BCUT2D eigenvalue weighted by atomic mass is 16.6. The maximum atomic E-state index is 11.0. The molecule has 0 aromatic heterocycles. The van der Waals surface area contributed by atoms with E-state index in [1.807, 2.05) is 0 Å². The Balaban J connectivity index is 3.12. The molecule has 0 aliphatic carbocycles. The minimum Gasteiger partial charge on any atom is -0.497 e. The first kappa shape index (κ1) is 12.7. The van der Waals surface area contributed by atoms with Crippen LogP contribution in [0.3, 0.4) is 0 Å². The van der Waals surface area contributed by atoms with Crippen molar-refractivity contribution in [3.8, 4) is 5.75 Å². The number of hydrogen-bond acceptors (Lipinski definition) is 4. The van der Waals surface area contributed by atoms with E-state index in [0.717, 1.165) is 6.20 Å². The first-order valence-electron chi connectivity index (χ1n) is 4.80. The highest BCUT2D eigenvalue weighted by Gasteiger charge is 2.09. The summed E-state index contributed by atoms with van der Waals surface area (Å²) in [6, 6.07) is 6.64. The molecule has 1 amide bonds. The number of nitro groups is 1. The average Bonchev–Trinajstić information content (AvgIpc) is 2.27. The van der Waals surface area contributed by atoms with Crippen LogP contribution in [0.1, 0.15) is 12.5 Å². The summed E-state index contributed by atoms with van der Waals surface area (Å²) < 4.78 is 5.01. The summed E-state index contributed by atoms with van der Waals surface area (Å²) >= 11 is 0. The molecule has 0 radical (unpaired) electrons. The van der Waals surface area contributed by atoms with Crippen LogP contribution in [0.15, 0.2) is 30.5 Å². The molecule has 1 aromatic carbocycles. The van der Waals surface area contributed by atoms with E-state index in [1.165, 1.54) is 14.0 Å². The van der Waals surface area contributed by atoms with Gasteiger partial charge in [0.15, 0.2) is 0 Å². The van der Waals surface area contributed by atoms with Crippen LogP contribution in [0.25, 0.3) is 5.70 Å². The Morgan fingerprint density at radius 3 is 2.76 bits per heavy atom. The number of carbonyl (C=O) groups is 1. The van der Waals surface area contributed by atoms with Crippen LogP contribution < -0.4 is 10.1 Å². The van der Waals surface area contributed by atoms with Crippen molar-refractivity contribution in [3.63, 3.8) is 0 Å². The average molecular weight is 236 g/mol. The van der Waals surface area contributed by atoms with E-state index in [9.17, 15) is 14.9 Å². The predicted octanol–water partition coefficient (Wildman–Crippen LogP) is 1.41. The summed E-state index contributed by atoms with van der Waals surface area (Å²) in [4.78, 5) is 20.8. The SMILES string of the molecule is COc1cccc(/C(=C/[N+](=O)[O-])NC(C)=O)c1. The molecule has 0 fully saturated rings. The summed E-state index contributed by atoms with van der Waals surface area (Å²) in [6.07, 6.45) is 0.746. The minimum atomic E-state index is -0.620. The summed E-state index contributed by atoms with van der Waals surface area (Å²) in [7, 11) is 1.49. The lowest BCUT2D eigenvalue weighted by molar-refractivity contribution is -0.401. The zero-order valence-corrected chi connectivity index (χ0v) is 9.47. The maximum Gasteiger partial charge on any atom is 0.258 e. The summed E-state index contributed by atoms with van der Waals surface area (Å²) in [5.74, 6) is 0.183. The molecule has 17 heavy (non-hydrogen) atoms. The molecule has 6 heteroatoms. The highest BCUT2D eigenvalue weighted by molar-refractivity contribution is 5.84. The van der Waals surface area contributed by atoms with Crippen molar-refractivity contribution < 1.29 is 14.5 Å². The summed E-state index contributed by atoms with van der Waals surface area (Å²) in [6.45, 7) is 1.29. The van der Waals surface area contributed by atoms with Gasteiger partial charge in [0.05, 0.1) is 12.0 Å². The van der Waals surface area contributed by atoms with Crippen molar-refractivity contribution in [1.82, 2.24) is 5.32 Å². The van der Waals surface area contributed by atoms with Gasteiger partial charge in [0.1, 0.15) is 11.4 Å². The van der Waals surface area contributed by atoms with E-state index in [2.05, 4.69) is 5.32 Å². The molecule has 0 saturated heterocycles. The molecule has 6 nitrogen and oxygen atoms in total. The molecule has 0 bridgehead atoms. The van der Waals surface area contributed by atoms with Gasteiger partial charge in [0.25, 0.3) is 6.20 Å². The predicted molar refractivity (Wildman–Crippen MR) is 61.8 cm³/mol. The van der Waals surface area contributed by atoms with E-state index in [-0.39, 0.29) is 11.6 Å². The fraction of sp³-hybridized carbons (Fsp3) is 0.182. The molecule has 0 atom stereocenters. The van der Waals surface area contributed by atoms with Crippen LogP contribution in [0.5, 0.6) is 5.75 Å².